The van der Waals surface area contributed by atoms with E-state index in [2.05, 4.69) is 15.2 Å². The lowest BCUT2D eigenvalue weighted by Crippen LogP contribution is -2.36. The number of likely N-dealkylation sites (tertiary alicyclic amines) is 1. The summed E-state index contributed by atoms with van der Waals surface area (Å²) >= 11 is 0. The summed E-state index contributed by atoms with van der Waals surface area (Å²) in [4.78, 5) is 6.71. The van der Waals surface area contributed by atoms with Crippen LogP contribution >= 0.6 is 24.0 Å². The number of aliphatic hydroxyl groups is 1. The van der Waals surface area contributed by atoms with Crippen molar-refractivity contribution in [2.75, 3.05) is 45.7 Å². The Hall–Kier alpha value is -1.26. The second kappa shape index (κ2) is 11.4. The third-order valence-electron chi connectivity index (χ3n) is 4.13. The summed E-state index contributed by atoms with van der Waals surface area (Å²) in [6, 6.07) is 5.50. The van der Waals surface area contributed by atoms with Crippen molar-refractivity contribution < 1.29 is 14.6 Å². The topological polar surface area (TPSA) is 92.3 Å². The number of ether oxygens (including phenoxy) is 2. The molecule has 0 atom stereocenters. The molecule has 1 aliphatic rings. The third-order valence-corrected chi connectivity index (χ3v) is 4.13. The summed E-state index contributed by atoms with van der Waals surface area (Å²) in [5.74, 6) is 1.70. The van der Waals surface area contributed by atoms with Crippen molar-refractivity contribution in [3.63, 3.8) is 0 Å². The van der Waals surface area contributed by atoms with Gasteiger partial charge in [0.25, 0.3) is 0 Å². The number of aliphatic hydroxyl groups excluding tert-OH is 1. The molecule has 4 N–H and O–H groups in total. The summed E-state index contributed by atoms with van der Waals surface area (Å²) in [6.07, 6.45) is 2.56. The van der Waals surface area contributed by atoms with Crippen molar-refractivity contribution in [2.45, 2.75) is 25.4 Å². The van der Waals surface area contributed by atoms with Crippen LogP contribution in [0.25, 0.3) is 0 Å². The number of piperidine rings is 1. The van der Waals surface area contributed by atoms with Crippen LogP contribution in [0.1, 0.15) is 19.3 Å². The Morgan fingerprint density at radius 3 is 2.60 bits per heavy atom. The highest BCUT2D eigenvalue weighted by Crippen LogP contribution is 2.29. The van der Waals surface area contributed by atoms with Crippen molar-refractivity contribution in [1.82, 2.24) is 4.90 Å². The maximum atomic E-state index is 9.49. The minimum atomic E-state index is -0.124. The first kappa shape index (κ1) is 21.8. The lowest BCUT2D eigenvalue weighted by Gasteiger charge is -2.29. The molecule has 0 saturated carbocycles. The zero-order valence-corrected chi connectivity index (χ0v) is 17.2. The molecule has 7 nitrogen and oxygen atoms in total. The van der Waals surface area contributed by atoms with E-state index in [4.69, 9.17) is 15.2 Å². The van der Waals surface area contributed by atoms with E-state index in [1.54, 1.807) is 14.2 Å². The number of halogens is 1. The molecule has 0 bridgehead atoms. The molecular formula is C17H29IN4O3. The molecular weight excluding hydrogens is 435 g/mol. The van der Waals surface area contributed by atoms with Gasteiger partial charge in [-0.3, -0.25) is 4.99 Å². The van der Waals surface area contributed by atoms with Crippen molar-refractivity contribution in [1.29, 1.82) is 0 Å². The predicted molar refractivity (Wildman–Crippen MR) is 111 cm³/mol. The van der Waals surface area contributed by atoms with Gasteiger partial charge in [-0.1, -0.05) is 0 Å². The zero-order chi connectivity index (χ0) is 17.4. The quantitative estimate of drug-likeness (QED) is 0.247. The normalized spacial score (nSPS) is 16.2. The molecule has 0 radical (unpaired) electrons. The molecule has 0 aromatic heterocycles. The smallest absolute Gasteiger partial charge is 0.193 e. The van der Waals surface area contributed by atoms with Crippen molar-refractivity contribution in [3.05, 3.63) is 18.2 Å². The molecule has 1 aromatic carbocycles. The van der Waals surface area contributed by atoms with E-state index in [1.165, 1.54) is 0 Å². The monoisotopic (exact) mass is 464 g/mol. The highest BCUT2D eigenvalue weighted by atomic mass is 127. The minimum Gasteiger partial charge on any atom is -0.493 e. The van der Waals surface area contributed by atoms with Gasteiger partial charge in [-0.2, -0.15) is 0 Å². The van der Waals surface area contributed by atoms with Gasteiger partial charge in [0.15, 0.2) is 17.5 Å². The third kappa shape index (κ3) is 7.25. The summed E-state index contributed by atoms with van der Waals surface area (Å²) in [5.41, 5.74) is 6.73. The first-order chi connectivity index (χ1) is 11.6. The lowest BCUT2D eigenvalue weighted by atomic mass is 10.1. The van der Waals surface area contributed by atoms with Gasteiger partial charge in [-0.15, -0.1) is 24.0 Å². The van der Waals surface area contributed by atoms with Gasteiger partial charge in [-0.25, -0.2) is 0 Å². The van der Waals surface area contributed by atoms with Crippen LogP contribution in [-0.2, 0) is 0 Å². The number of nitrogens with one attached hydrogen (secondary N) is 1. The number of benzene rings is 1. The molecule has 1 heterocycles. The van der Waals surface area contributed by atoms with Gasteiger partial charge in [0.2, 0.25) is 0 Å². The molecule has 2 rings (SSSR count). The van der Waals surface area contributed by atoms with Crippen LogP contribution in [0.2, 0.25) is 0 Å². The summed E-state index contributed by atoms with van der Waals surface area (Å²) < 4.78 is 10.5. The standard InChI is InChI=1S/C17H28N4O3.HI/c1-23-15-5-4-13(12-16(15)24-2)20-17(18)19-8-3-9-21-10-6-14(22)7-11-21;/h4-5,12,14,22H,3,6-11H2,1-2H3,(H3,18,19,20);1H. The number of rotatable bonds is 7. The summed E-state index contributed by atoms with van der Waals surface area (Å²) in [6.45, 7) is 3.58. The van der Waals surface area contributed by atoms with Crippen LogP contribution in [0.3, 0.4) is 0 Å². The lowest BCUT2D eigenvalue weighted by molar-refractivity contribution is 0.0824. The molecule has 1 aliphatic heterocycles. The van der Waals surface area contributed by atoms with Gasteiger partial charge in [0, 0.05) is 31.4 Å². The summed E-state index contributed by atoms with van der Waals surface area (Å²) in [7, 11) is 3.20. The maximum absolute atomic E-state index is 9.49. The van der Waals surface area contributed by atoms with E-state index in [0.717, 1.165) is 44.6 Å². The molecule has 1 fully saturated rings. The predicted octanol–water partition coefficient (Wildman–Crippen LogP) is 1.90. The van der Waals surface area contributed by atoms with Gasteiger partial charge in [-0.05, 0) is 37.9 Å². The fourth-order valence-corrected chi connectivity index (χ4v) is 2.74. The number of guanidine groups is 1. The Morgan fingerprint density at radius 1 is 1.28 bits per heavy atom. The van der Waals surface area contributed by atoms with E-state index in [9.17, 15) is 5.11 Å². The Morgan fingerprint density at radius 2 is 1.96 bits per heavy atom. The second-order valence-corrected chi connectivity index (χ2v) is 5.89. The number of anilines is 1. The van der Waals surface area contributed by atoms with Gasteiger partial charge in [0.1, 0.15) is 0 Å². The van der Waals surface area contributed by atoms with E-state index < -0.39 is 0 Å². The molecule has 0 unspecified atom stereocenters. The average Bonchev–Trinajstić information content (AvgIpc) is 2.60. The van der Waals surface area contributed by atoms with Gasteiger partial charge >= 0.3 is 0 Å². The average molecular weight is 464 g/mol. The van der Waals surface area contributed by atoms with E-state index in [1.807, 2.05) is 18.2 Å². The van der Waals surface area contributed by atoms with E-state index in [-0.39, 0.29) is 30.1 Å². The van der Waals surface area contributed by atoms with Gasteiger partial charge < -0.3 is 30.5 Å². The largest absolute Gasteiger partial charge is 0.493 e. The minimum absolute atomic E-state index is 0. The molecule has 0 spiro atoms. The second-order valence-electron chi connectivity index (χ2n) is 5.89. The highest BCUT2D eigenvalue weighted by Gasteiger charge is 2.15. The Kier molecular flexibility index (Phi) is 9.91. The number of methoxy groups -OCH3 is 2. The van der Waals surface area contributed by atoms with Crippen LogP contribution in [0.5, 0.6) is 11.5 Å². The number of hydrogen-bond acceptors (Lipinski definition) is 5. The molecule has 1 aromatic rings. The Bertz CT molecular complexity index is 549. The van der Waals surface area contributed by atoms with Crippen molar-refractivity contribution >= 4 is 35.6 Å². The molecule has 0 amide bonds. The SMILES string of the molecule is COc1ccc(NC(N)=NCCCN2CCC(O)CC2)cc1OC.I. The van der Waals surface area contributed by atoms with Crippen LogP contribution in [-0.4, -0.2) is 62.5 Å². The van der Waals surface area contributed by atoms with Crippen LogP contribution < -0.4 is 20.5 Å². The molecule has 1 saturated heterocycles. The van der Waals surface area contributed by atoms with Crippen LogP contribution in [0.15, 0.2) is 23.2 Å². The number of nitrogens with zero attached hydrogens (tertiary/aromatic N) is 2. The van der Waals surface area contributed by atoms with E-state index >= 15 is 0 Å². The van der Waals surface area contributed by atoms with Crippen molar-refractivity contribution in [3.8, 4) is 11.5 Å². The van der Waals surface area contributed by atoms with Crippen LogP contribution in [0.4, 0.5) is 5.69 Å². The number of aliphatic imine (C=N–C) groups is 1. The first-order valence-electron chi connectivity index (χ1n) is 8.31. The highest BCUT2D eigenvalue weighted by molar-refractivity contribution is 14.0. The zero-order valence-electron chi connectivity index (χ0n) is 14.9. The number of nitrogens with two attached hydrogens (primary N) is 1. The molecule has 8 heteroatoms. The first-order valence-corrected chi connectivity index (χ1v) is 8.31. The van der Waals surface area contributed by atoms with Gasteiger partial charge in [0.05, 0.1) is 20.3 Å². The Labute approximate surface area is 166 Å². The molecule has 0 aliphatic carbocycles. The summed E-state index contributed by atoms with van der Waals surface area (Å²) in [5, 5.41) is 12.5. The number of hydrogen-bond donors (Lipinski definition) is 3. The van der Waals surface area contributed by atoms with Crippen molar-refractivity contribution in [2.24, 2.45) is 10.7 Å². The molecule has 142 valence electrons. The van der Waals surface area contributed by atoms with Crippen LogP contribution in [0, 0.1) is 0 Å². The van der Waals surface area contributed by atoms with E-state index in [0.29, 0.717) is 24.0 Å². The maximum Gasteiger partial charge on any atom is 0.193 e. The fourth-order valence-electron chi connectivity index (χ4n) is 2.74. The molecule has 25 heavy (non-hydrogen) atoms. The Balaban J connectivity index is 0.00000312. The fraction of sp³-hybridized carbons (Fsp3) is 0.588.